The predicted molar refractivity (Wildman–Crippen MR) is 107 cm³/mol. The predicted octanol–water partition coefficient (Wildman–Crippen LogP) is 1.72. The van der Waals surface area contributed by atoms with E-state index in [-0.39, 0.29) is 11.6 Å². The van der Waals surface area contributed by atoms with Gasteiger partial charge in [-0.15, -0.1) is 0 Å². The normalized spacial score (nSPS) is 17.5. The Morgan fingerprint density at radius 3 is 2.34 bits per heavy atom. The van der Waals surface area contributed by atoms with Gasteiger partial charge in [-0.3, -0.25) is 9.59 Å². The van der Waals surface area contributed by atoms with Crippen LogP contribution in [-0.4, -0.2) is 60.1 Å². The molecule has 1 aliphatic rings. The van der Waals surface area contributed by atoms with Crippen molar-refractivity contribution in [3.05, 3.63) is 12.3 Å². The summed E-state index contributed by atoms with van der Waals surface area (Å²) in [6.45, 7) is 13.0. The van der Waals surface area contributed by atoms with Crippen molar-refractivity contribution in [1.29, 1.82) is 0 Å². The van der Waals surface area contributed by atoms with Gasteiger partial charge in [0.25, 0.3) is 5.91 Å². The molecule has 0 aromatic heterocycles. The van der Waals surface area contributed by atoms with Crippen LogP contribution in [0.15, 0.2) is 12.3 Å². The molecule has 1 heterocycles. The van der Waals surface area contributed by atoms with E-state index in [9.17, 15) is 19.2 Å². The Morgan fingerprint density at radius 1 is 1.21 bits per heavy atom. The summed E-state index contributed by atoms with van der Waals surface area (Å²) in [5.74, 6) is -1.52. The standard InChI is InChI=1S/C20H33N3O6/c1-12(2)11-14(22-19(27)29-20(4,5)6)16(24)21-13(3)17(25)23-10-8-9-15(23)18(26)28-7/h12,14-15H,3,8-11H2,1-2,4-7H3,(H,21,24)(H,22,27)/t14-,15-/m0/s1. The second-order valence-corrected chi connectivity index (χ2v) is 8.48. The van der Waals surface area contributed by atoms with Crippen molar-refractivity contribution < 1.29 is 28.7 Å². The minimum Gasteiger partial charge on any atom is -0.467 e. The smallest absolute Gasteiger partial charge is 0.408 e. The van der Waals surface area contributed by atoms with Gasteiger partial charge in [0.15, 0.2) is 0 Å². The Labute approximate surface area is 172 Å². The summed E-state index contributed by atoms with van der Waals surface area (Å²) in [6.07, 6.45) is 0.778. The summed E-state index contributed by atoms with van der Waals surface area (Å²) in [4.78, 5) is 50.6. The molecule has 9 heteroatoms. The van der Waals surface area contributed by atoms with Crippen LogP contribution >= 0.6 is 0 Å². The van der Waals surface area contributed by atoms with Crippen molar-refractivity contribution in [3.63, 3.8) is 0 Å². The largest absolute Gasteiger partial charge is 0.467 e. The van der Waals surface area contributed by atoms with Gasteiger partial charge in [-0.2, -0.15) is 0 Å². The maximum absolute atomic E-state index is 12.7. The number of esters is 1. The lowest BCUT2D eigenvalue weighted by atomic mass is 10.0. The molecule has 2 atom stereocenters. The molecule has 0 aromatic carbocycles. The Morgan fingerprint density at radius 2 is 1.83 bits per heavy atom. The van der Waals surface area contributed by atoms with E-state index in [1.54, 1.807) is 20.8 Å². The van der Waals surface area contributed by atoms with E-state index in [0.29, 0.717) is 25.8 Å². The lowest BCUT2D eigenvalue weighted by Crippen LogP contribution is -2.50. The topological polar surface area (TPSA) is 114 Å². The van der Waals surface area contributed by atoms with E-state index < -0.39 is 41.6 Å². The van der Waals surface area contributed by atoms with E-state index in [1.807, 2.05) is 13.8 Å². The van der Waals surface area contributed by atoms with E-state index in [2.05, 4.69) is 17.2 Å². The van der Waals surface area contributed by atoms with Crippen molar-refractivity contribution in [2.24, 2.45) is 5.92 Å². The van der Waals surface area contributed by atoms with Crippen molar-refractivity contribution in [2.75, 3.05) is 13.7 Å². The molecular weight excluding hydrogens is 378 g/mol. The number of alkyl carbamates (subject to hydrolysis) is 1. The summed E-state index contributed by atoms with van der Waals surface area (Å²) in [5, 5.41) is 5.00. The van der Waals surface area contributed by atoms with Gasteiger partial charge >= 0.3 is 12.1 Å². The highest BCUT2D eigenvalue weighted by atomic mass is 16.6. The zero-order valence-electron chi connectivity index (χ0n) is 18.2. The molecule has 0 aliphatic carbocycles. The summed E-state index contributed by atoms with van der Waals surface area (Å²) in [6, 6.07) is -1.59. The third-order valence-electron chi connectivity index (χ3n) is 4.23. The van der Waals surface area contributed by atoms with Crippen LogP contribution in [0.1, 0.15) is 53.9 Å². The molecule has 1 saturated heterocycles. The quantitative estimate of drug-likeness (QED) is 0.487. The molecule has 29 heavy (non-hydrogen) atoms. The van der Waals surface area contributed by atoms with Crippen molar-refractivity contribution in [3.8, 4) is 0 Å². The van der Waals surface area contributed by atoms with Crippen LogP contribution in [0.4, 0.5) is 4.79 Å². The zero-order valence-corrected chi connectivity index (χ0v) is 18.2. The van der Waals surface area contributed by atoms with Gasteiger partial charge in [0.2, 0.25) is 5.91 Å². The van der Waals surface area contributed by atoms with Crippen molar-refractivity contribution >= 4 is 23.9 Å². The molecule has 3 amide bonds. The SMILES string of the molecule is C=C(NC(=O)[C@H](CC(C)C)NC(=O)OC(C)(C)C)C(=O)N1CCC[C@H]1C(=O)OC. The number of nitrogens with one attached hydrogen (secondary N) is 2. The third kappa shape index (κ3) is 7.75. The van der Waals surface area contributed by atoms with Crippen LogP contribution in [0.25, 0.3) is 0 Å². The number of ether oxygens (including phenoxy) is 2. The van der Waals surface area contributed by atoms with Gasteiger partial charge in [0.1, 0.15) is 17.7 Å². The fourth-order valence-electron chi connectivity index (χ4n) is 3.01. The Kier molecular flexibility index (Phi) is 8.66. The summed E-state index contributed by atoms with van der Waals surface area (Å²) >= 11 is 0. The lowest BCUT2D eigenvalue weighted by Gasteiger charge is -2.26. The average Bonchev–Trinajstić information content (AvgIpc) is 3.07. The fraction of sp³-hybridized carbons (Fsp3) is 0.700. The highest BCUT2D eigenvalue weighted by Crippen LogP contribution is 2.20. The van der Waals surface area contributed by atoms with Crippen LogP contribution < -0.4 is 10.6 Å². The molecule has 0 spiro atoms. The molecule has 1 aliphatic heterocycles. The van der Waals surface area contributed by atoms with Crippen LogP contribution in [0.5, 0.6) is 0 Å². The second kappa shape index (κ2) is 10.3. The van der Waals surface area contributed by atoms with E-state index in [1.165, 1.54) is 12.0 Å². The molecule has 0 saturated carbocycles. The van der Waals surface area contributed by atoms with E-state index in [4.69, 9.17) is 9.47 Å². The van der Waals surface area contributed by atoms with Crippen LogP contribution in [0.3, 0.4) is 0 Å². The molecule has 0 bridgehead atoms. The summed E-state index contributed by atoms with van der Waals surface area (Å²) in [5.41, 5.74) is -0.869. The number of likely N-dealkylation sites (tertiary alicyclic amines) is 1. The van der Waals surface area contributed by atoms with Gasteiger partial charge in [-0.1, -0.05) is 20.4 Å². The first-order valence-corrected chi connectivity index (χ1v) is 9.73. The Balaban J connectivity index is 2.79. The minimum absolute atomic E-state index is 0.104. The highest BCUT2D eigenvalue weighted by molar-refractivity contribution is 6.00. The zero-order chi connectivity index (χ0) is 22.4. The highest BCUT2D eigenvalue weighted by Gasteiger charge is 2.36. The van der Waals surface area contributed by atoms with Gasteiger partial charge in [-0.05, 0) is 46.0 Å². The van der Waals surface area contributed by atoms with Crippen molar-refractivity contribution in [2.45, 2.75) is 71.6 Å². The number of rotatable bonds is 7. The van der Waals surface area contributed by atoms with Crippen LogP contribution in [0, 0.1) is 5.92 Å². The first-order chi connectivity index (χ1) is 13.4. The maximum Gasteiger partial charge on any atom is 0.408 e. The Bertz CT molecular complexity index is 653. The molecule has 1 fully saturated rings. The van der Waals surface area contributed by atoms with Crippen LogP contribution in [0.2, 0.25) is 0 Å². The molecule has 0 unspecified atom stereocenters. The van der Waals surface area contributed by atoms with Gasteiger partial charge in [0.05, 0.1) is 12.8 Å². The summed E-state index contributed by atoms with van der Waals surface area (Å²) in [7, 11) is 1.26. The minimum atomic E-state index is -0.899. The molecule has 1 rings (SSSR count). The first kappa shape index (κ1) is 24.5. The van der Waals surface area contributed by atoms with Crippen molar-refractivity contribution in [1.82, 2.24) is 15.5 Å². The molecule has 0 aromatic rings. The number of carbonyl (C=O) groups is 4. The molecule has 9 nitrogen and oxygen atoms in total. The number of hydrogen-bond donors (Lipinski definition) is 2. The number of hydrogen-bond acceptors (Lipinski definition) is 6. The van der Waals surface area contributed by atoms with E-state index in [0.717, 1.165) is 0 Å². The fourth-order valence-corrected chi connectivity index (χ4v) is 3.01. The molecule has 0 radical (unpaired) electrons. The first-order valence-electron chi connectivity index (χ1n) is 9.73. The molecule has 2 N–H and O–H groups in total. The van der Waals surface area contributed by atoms with E-state index >= 15 is 0 Å². The lowest BCUT2D eigenvalue weighted by molar-refractivity contribution is -0.150. The van der Waals surface area contributed by atoms with Gasteiger partial charge < -0.3 is 25.0 Å². The average molecular weight is 411 g/mol. The maximum atomic E-state index is 12.7. The molecule has 164 valence electrons. The molecular formula is C20H33N3O6. The Hall–Kier alpha value is -2.58. The monoisotopic (exact) mass is 411 g/mol. The number of amides is 3. The number of carbonyl (C=O) groups excluding carboxylic acids is 4. The van der Waals surface area contributed by atoms with Gasteiger partial charge in [0, 0.05) is 6.54 Å². The summed E-state index contributed by atoms with van der Waals surface area (Å²) < 4.78 is 9.94. The van der Waals surface area contributed by atoms with Crippen LogP contribution in [-0.2, 0) is 23.9 Å². The van der Waals surface area contributed by atoms with Gasteiger partial charge in [-0.25, -0.2) is 9.59 Å². The third-order valence-corrected chi connectivity index (χ3v) is 4.23. The number of methoxy groups -OCH3 is 1. The second-order valence-electron chi connectivity index (χ2n) is 8.48. The number of nitrogens with zero attached hydrogens (tertiary/aromatic N) is 1.